The highest BCUT2D eigenvalue weighted by molar-refractivity contribution is 6.03. The molecule has 0 saturated heterocycles. The van der Waals surface area contributed by atoms with Gasteiger partial charge in [-0.3, -0.25) is 19.6 Å². The van der Waals surface area contributed by atoms with Crippen molar-refractivity contribution in [3.63, 3.8) is 0 Å². The Hall–Kier alpha value is -6.60. The Bertz CT molecular complexity index is 2410. The quantitative estimate of drug-likeness (QED) is 0.151. The zero-order valence-corrected chi connectivity index (χ0v) is 28.4. The van der Waals surface area contributed by atoms with Crippen LogP contribution < -0.4 is 5.32 Å². The van der Waals surface area contributed by atoms with Gasteiger partial charge in [0.15, 0.2) is 0 Å². The van der Waals surface area contributed by atoms with E-state index in [4.69, 9.17) is 9.97 Å². The third kappa shape index (κ3) is 5.59. The predicted octanol–water partition coefficient (Wildman–Crippen LogP) is 9.34. The topological polar surface area (TPSA) is 88.5 Å². The summed E-state index contributed by atoms with van der Waals surface area (Å²) in [5.74, 6) is -0.206. The number of carbonyl (C=O) groups is 1. The van der Waals surface area contributed by atoms with Gasteiger partial charge in [-0.1, -0.05) is 121 Å². The average Bonchev–Trinajstić information content (AvgIpc) is 3.77. The van der Waals surface area contributed by atoms with Gasteiger partial charge in [0.1, 0.15) is 5.54 Å². The van der Waals surface area contributed by atoms with Crippen LogP contribution >= 0.6 is 0 Å². The number of H-pyrrole nitrogens is 1. The van der Waals surface area contributed by atoms with Crippen LogP contribution in [0.15, 0.2) is 158 Å². The molecule has 0 aliphatic carbocycles. The zero-order chi connectivity index (χ0) is 35.0. The minimum absolute atomic E-state index is 0.127. The number of aromatic nitrogens is 5. The van der Waals surface area contributed by atoms with E-state index in [9.17, 15) is 4.79 Å². The molecule has 8 rings (SSSR count). The summed E-state index contributed by atoms with van der Waals surface area (Å²) < 4.78 is 2.24. The maximum absolute atomic E-state index is 13.6. The number of fused-ring (bicyclic) bond motifs is 2. The second kappa shape index (κ2) is 13.0. The molecule has 0 aliphatic rings. The first kappa shape index (κ1) is 31.7. The van der Waals surface area contributed by atoms with Gasteiger partial charge in [0, 0.05) is 23.3 Å². The van der Waals surface area contributed by atoms with Crippen LogP contribution in [0.2, 0.25) is 0 Å². The van der Waals surface area contributed by atoms with Gasteiger partial charge in [-0.2, -0.15) is 0 Å². The van der Waals surface area contributed by atoms with Crippen LogP contribution in [0.1, 0.15) is 58.3 Å². The summed E-state index contributed by atoms with van der Waals surface area (Å²) in [6.07, 6.45) is 3.59. The lowest BCUT2D eigenvalue weighted by atomic mass is 9.77. The maximum Gasteiger partial charge on any atom is 0.289 e. The Morgan fingerprint density at radius 1 is 0.745 bits per heavy atom. The number of rotatable bonds is 9. The van der Waals surface area contributed by atoms with E-state index in [2.05, 4.69) is 106 Å². The van der Waals surface area contributed by atoms with Crippen LogP contribution in [0.3, 0.4) is 0 Å². The third-order valence-corrected chi connectivity index (χ3v) is 9.59. The fourth-order valence-corrected chi connectivity index (χ4v) is 7.06. The molecule has 3 heterocycles. The molecule has 248 valence electrons. The van der Waals surface area contributed by atoms with Crippen LogP contribution in [-0.2, 0) is 5.54 Å². The van der Waals surface area contributed by atoms with Gasteiger partial charge in [-0.05, 0) is 72.0 Å². The standard InChI is InChI=1S/C44H36N6O/c1-29(2)32-14-13-15-33(26-32)30(3)46-43(51)42-47-38-27-37-40(28-39(38)48-42)50(49-41(37)31-22-24-45-25-23-31)44(34-16-7-4-8-17-34,35-18-9-5-10-19-35)36-20-11-6-12-21-36/h4-28,30,49H,1H2,2-3H3,(H,46,51)/t30-/m1/s1. The van der Waals surface area contributed by atoms with Crippen LogP contribution in [0, 0.1) is 0 Å². The molecule has 51 heavy (non-hydrogen) atoms. The molecular weight excluding hydrogens is 629 g/mol. The van der Waals surface area contributed by atoms with Crippen molar-refractivity contribution in [2.24, 2.45) is 0 Å². The van der Waals surface area contributed by atoms with Crippen LogP contribution in [0.4, 0.5) is 0 Å². The minimum Gasteiger partial charge on any atom is -0.343 e. The van der Waals surface area contributed by atoms with E-state index in [1.807, 2.05) is 74.5 Å². The van der Waals surface area contributed by atoms with Crippen molar-refractivity contribution in [1.82, 2.24) is 30.0 Å². The fourth-order valence-electron chi connectivity index (χ4n) is 7.06. The summed E-state index contributed by atoms with van der Waals surface area (Å²) in [5, 5.41) is 7.89. The van der Waals surface area contributed by atoms with E-state index in [1.165, 1.54) is 0 Å². The molecule has 5 aromatic carbocycles. The molecular formula is C44H36N6O. The van der Waals surface area contributed by atoms with Gasteiger partial charge in [0.2, 0.25) is 5.82 Å². The highest BCUT2D eigenvalue weighted by Crippen LogP contribution is 2.44. The number of imidazole rings is 1. The highest BCUT2D eigenvalue weighted by atomic mass is 16.2. The van der Waals surface area contributed by atoms with Crippen molar-refractivity contribution in [3.05, 3.63) is 192 Å². The molecule has 3 aromatic heterocycles. The van der Waals surface area contributed by atoms with Crippen molar-refractivity contribution < 1.29 is 4.79 Å². The summed E-state index contributed by atoms with van der Waals surface area (Å²) in [6, 6.07) is 47.5. The van der Waals surface area contributed by atoms with Crippen molar-refractivity contribution >= 4 is 33.4 Å². The average molecular weight is 665 g/mol. The Morgan fingerprint density at radius 2 is 1.31 bits per heavy atom. The van der Waals surface area contributed by atoms with Gasteiger partial charge >= 0.3 is 0 Å². The molecule has 0 bridgehead atoms. The first-order chi connectivity index (χ1) is 24.9. The number of hydrogen-bond acceptors (Lipinski definition) is 4. The van der Waals surface area contributed by atoms with Gasteiger partial charge in [0.25, 0.3) is 5.91 Å². The van der Waals surface area contributed by atoms with Gasteiger partial charge < -0.3 is 5.32 Å². The molecule has 7 heteroatoms. The van der Waals surface area contributed by atoms with Crippen LogP contribution in [0.5, 0.6) is 0 Å². The van der Waals surface area contributed by atoms with E-state index in [0.29, 0.717) is 11.0 Å². The lowest BCUT2D eigenvalue weighted by Gasteiger charge is -2.37. The van der Waals surface area contributed by atoms with Crippen molar-refractivity contribution in [2.45, 2.75) is 25.4 Å². The second-order valence-corrected chi connectivity index (χ2v) is 12.9. The van der Waals surface area contributed by atoms with Crippen molar-refractivity contribution in [3.8, 4) is 11.3 Å². The maximum atomic E-state index is 13.6. The van der Waals surface area contributed by atoms with E-state index < -0.39 is 5.54 Å². The molecule has 0 radical (unpaired) electrons. The summed E-state index contributed by atoms with van der Waals surface area (Å²) in [5.41, 5.74) is 9.46. The number of hydrogen-bond donors (Lipinski definition) is 2. The smallest absolute Gasteiger partial charge is 0.289 e. The lowest BCUT2D eigenvalue weighted by Crippen LogP contribution is -2.38. The number of benzene rings is 5. The Labute approximate surface area is 296 Å². The van der Waals surface area contributed by atoms with Crippen molar-refractivity contribution in [1.29, 1.82) is 0 Å². The summed E-state index contributed by atoms with van der Waals surface area (Å²) >= 11 is 0. The Kier molecular flexibility index (Phi) is 8.08. The fraction of sp³-hybridized carbons (Fsp3) is 0.0909. The first-order valence-corrected chi connectivity index (χ1v) is 17.0. The summed E-state index contributed by atoms with van der Waals surface area (Å²) in [4.78, 5) is 27.5. The van der Waals surface area contributed by atoms with E-state index in [1.54, 1.807) is 12.4 Å². The van der Waals surface area contributed by atoms with Crippen LogP contribution in [0.25, 0.3) is 38.8 Å². The summed E-state index contributed by atoms with van der Waals surface area (Å²) in [7, 11) is 0. The Balaban J connectivity index is 1.34. The Morgan fingerprint density at radius 3 is 1.88 bits per heavy atom. The molecule has 0 unspecified atom stereocenters. The number of amides is 1. The second-order valence-electron chi connectivity index (χ2n) is 12.9. The minimum atomic E-state index is -0.811. The monoisotopic (exact) mass is 664 g/mol. The van der Waals surface area contributed by atoms with Gasteiger partial charge in [0.05, 0.1) is 28.3 Å². The molecule has 8 aromatic rings. The number of nitrogens with zero attached hydrogens (tertiary/aromatic N) is 4. The largest absolute Gasteiger partial charge is 0.343 e. The van der Waals surface area contributed by atoms with E-state index in [-0.39, 0.29) is 17.8 Å². The molecule has 1 atom stereocenters. The first-order valence-electron chi connectivity index (χ1n) is 17.0. The number of aromatic amines is 1. The molecule has 0 spiro atoms. The van der Waals surface area contributed by atoms with Gasteiger partial charge in [-0.25, -0.2) is 9.97 Å². The molecule has 0 aliphatic heterocycles. The normalized spacial score (nSPS) is 12.2. The molecule has 0 fully saturated rings. The van der Waals surface area contributed by atoms with Crippen molar-refractivity contribution in [2.75, 3.05) is 0 Å². The third-order valence-electron chi connectivity index (χ3n) is 9.59. The van der Waals surface area contributed by atoms with E-state index in [0.717, 1.165) is 55.6 Å². The SMILES string of the molecule is C=C(C)c1cccc([C@@H](C)NC(=O)c2nc3cc4c(-c5ccncc5)[nH]n(C(c5ccccc5)(c5ccccc5)c5ccccc5)c4cc3n2)c1. The van der Waals surface area contributed by atoms with E-state index >= 15 is 0 Å². The number of allylic oxidation sites excluding steroid dienone is 1. The lowest BCUT2D eigenvalue weighted by molar-refractivity contribution is 0.0930. The van der Waals surface area contributed by atoms with Crippen LogP contribution in [-0.4, -0.2) is 30.6 Å². The predicted molar refractivity (Wildman–Crippen MR) is 204 cm³/mol. The number of nitrogens with one attached hydrogen (secondary N) is 2. The molecule has 1 amide bonds. The molecule has 0 saturated carbocycles. The number of pyridine rings is 1. The van der Waals surface area contributed by atoms with Gasteiger partial charge in [-0.15, -0.1) is 0 Å². The zero-order valence-electron chi connectivity index (χ0n) is 28.4. The number of carbonyl (C=O) groups excluding carboxylic acids is 1. The summed E-state index contributed by atoms with van der Waals surface area (Å²) in [6.45, 7) is 7.99. The highest BCUT2D eigenvalue weighted by Gasteiger charge is 2.40. The molecule has 2 N–H and O–H groups in total. The molecule has 7 nitrogen and oxygen atoms in total.